The van der Waals surface area contributed by atoms with Crippen molar-refractivity contribution in [3.05, 3.63) is 39.5 Å². The van der Waals surface area contributed by atoms with Crippen LogP contribution in [-0.2, 0) is 17.6 Å². The Labute approximate surface area is 146 Å². The predicted molar refractivity (Wildman–Crippen MR) is 93.9 cm³/mol. The second-order valence-electron chi connectivity index (χ2n) is 5.17. The van der Waals surface area contributed by atoms with Crippen LogP contribution in [0.3, 0.4) is 0 Å². The maximum Gasteiger partial charge on any atom is 0.256 e. The molecule has 1 amide bonds. The Hall–Kier alpha value is -1.99. The number of carbonyl (C=O) groups excluding carboxylic acids is 1. The minimum atomic E-state index is -0.195. The highest BCUT2D eigenvalue weighted by Gasteiger charge is 2.13. The van der Waals surface area contributed by atoms with Gasteiger partial charge in [0.2, 0.25) is 5.88 Å². The van der Waals surface area contributed by atoms with Gasteiger partial charge in [0.15, 0.2) is 0 Å². The van der Waals surface area contributed by atoms with Gasteiger partial charge in [0.05, 0.1) is 17.3 Å². The summed E-state index contributed by atoms with van der Waals surface area (Å²) in [6.45, 7) is 5.51. The summed E-state index contributed by atoms with van der Waals surface area (Å²) in [4.78, 5) is 22.3. The van der Waals surface area contributed by atoms with Crippen LogP contribution in [0.4, 0.5) is 0 Å². The molecule has 7 heteroatoms. The summed E-state index contributed by atoms with van der Waals surface area (Å²) >= 11 is 1.69. The highest BCUT2D eigenvalue weighted by Crippen LogP contribution is 2.18. The molecular weight excluding hydrogens is 326 g/mol. The number of thiazole rings is 1. The number of pyridine rings is 1. The molecule has 2 aromatic rings. The van der Waals surface area contributed by atoms with Crippen molar-refractivity contribution in [1.82, 2.24) is 15.3 Å². The first kappa shape index (κ1) is 18.4. The van der Waals surface area contributed by atoms with Crippen molar-refractivity contribution in [1.29, 1.82) is 0 Å². The Bertz CT molecular complexity index is 673. The van der Waals surface area contributed by atoms with Gasteiger partial charge >= 0.3 is 0 Å². The summed E-state index contributed by atoms with van der Waals surface area (Å²) in [6, 6.07) is 3.42. The lowest BCUT2D eigenvalue weighted by molar-refractivity contribution is 0.0944. The fourth-order valence-corrected chi connectivity index (χ4v) is 3.22. The van der Waals surface area contributed by atoms with E-state index < -0.39 is 0 Å². The monoisotopic (exact) mass is 349 g/mol. The lowest BCUT2D eigenvalue weighted by Crippen LogP contribution is -2.26. The molecule has 0 spiro atoms. The van der Waals surface area contributed by atoms with Crippen LogP contribution in [0, 0.1) is 6.92 Å². The number of ether oxygens (including phenoxy) is 2. The Morgan fingerprint density at radius 3 is 2.92 bits per heavy atom. The van der Waals surface area contributed by atoms with E-state index in [9.17, 15) is 4.79 Å². The molecule has 0 saturated carbocycles. The standard InChI is InChI=1S/C17H23N3O3S/c1-4-14-12(2)24-15(20-14)7-9-18-16(21)13-6-5-8-19-17(13)23-11-10-22-3/h5-6,8H,4,7,9-11H2,1-3H3,(H,18,21). The zero-order valence-electron chi connectivity index (χ0n) is 14.3. The zero-order chi connectivity index (χ0) is 17.4. The highest BCUT2D eigenvalue weighted by molar-refractivity contribution is 7.11. The molecule has 0 radical (unpaired) electrons. The minimum Gasteiger partial charge on any atom is -0.475 e. The van der Waals surface area contributed by atoms with E-state index in [1.165, 1.54) is 4.88 Å². The van der Waals surface area contributed by atoms with Crippen molar-refractivity contribution in [2.45, 2.75) is 26.7 Å². The molecule has 1 N–H and O–H groups in total. The van der Waals surface area contributed by atoms with E-state index in [0.29, 0.717) is 31.2 Å². The molecule has 24 heavy (non-hydrogen) atoms. The van der Waals surface area contributed by atoms with E-state index in [0.717, 1.165) is 23.5 Å². The SMILES string of the molecule is CCc1nc(CCNC(=O)c2cccnc2OCCOC)sc1C. The molecule has 6 nitrogen and oxygen atoms in total. The summed E-state index contributed by atoms with van der Waals surface area (Å²) in [5.74, 6) is 0.130. The summed E-state index contributed by atoms with van der Waals surface area (Å²) < 4.78 is 10.4. The van der Waals surface area contributed by atoms with Gasteiger partial charge in [-0.2, -0.15) is 0 Å². The number of rotatable bonds is 9. The molecule has 0 bridgehead atoms. The smallest absolute Gasteiger partial charge is 0.256 e. The van der Waals surface area contributed by atoms with E-state index in [4.69, 9.17) is 9.47 Å². The van der Waals surface area contributed by atoms with Crippen molar-refractivity contribution in [2.24, 2.45) is 0 Å². The number of hydrogen-bond acceptors (Lipinski definition) is 6. The Balaban J connectivity index is 1.90. The van der Waals surface area contributed by atoms with Gasteiger partial charge in [-0.1, -0.05) is 6.92 Å². The van der Waals surface area contributed by atoms with Crippen molar-refractivity contribution >= 4 is 17.2 Å². The first-order valence-electron chi connectivity index (χ1n) is 7.95. The summed E-state index contributed by atoms with van der Waals surface area (Å²) in [7, 11) is 1.60. The lowest BCUT2D eigenvalue weighted by Gasteiger charge is -2.10. The van der Waals surface area contributed by atoms with E-state index in [-0.39, 0.29) is 5.91 Å². The molecule has 0 fully saturated rings. The van der Waals surface area contributed by atoms with Gasteiger partial charge in [-0.3, -0.25) is 4.79 Å². The molecule has 0 saturated heterocycles. The van der Waals surface area contributed by atoms with Crippen LogP contribution in [0.5, 0.6) is 5.88 Å². The van der Waals surface area contributed by atoms with Crippen molar-refractivity contribution < 1.29 is 14.3 Å². The number of nitrogens with one attached hydrogen (secondary N) is 1. The molecule has 2 aromatic heterocycles. The molecule has 0 unspecified atom stereocenters. The summed E-state index contributed by atoms with van der Waals surface area (Å²) in [6.07, 6.45) is 3.26. The summed E-state index contributed by atoms with van der Waals surface area (Å²) in [5.41, 5.74) is 1.57. The highest BCUT2D eigenvalue weighted by atomic mass is 32.1. The van der Waals surface area contributed by atoms with E-state index in [1.807, 2.05) is 0 Å². The number of carbonyl (C=O) groups is 1. The lowest BCUT2D eigenvalue weighted by atomic mass is 10.2. The van der Waals surface area contributed by atoms with Crippen LogP contribution < -0.4 is 10.1 Å². The topological polar surface area (TPSA) is 73.3 Å². The molecule has 0 atom stereocenters. The predicted octanol–water partition coefficient (Wildman–Crippen LogP) is 2.41. The van der Waals surface area contributed by atoms with Crippen LogP contribution in [0.1, 0.15) is 32.9 Å². The van der Waals surface area contributed by atoms with Crippen molar-refractivity contribution in [3.8, 4) is 5.88 Å². The van der Waals surface area contributed by atoms with Crippen LogP contribution in [0.25, 0.3) is 0 Å². The second-order valence-corrected chi connectivity index (χ2v) is 6.46. The van der Waals surface area contributed by atoms with Crippen molar-refractivity contribution in [2.75, 3.05) is 26.9 Å². The Morgan fingerprint density at radius 1 is 1.38 bits per heavy atom. The fourth-order valence-electron chi connectivity index (χ4n) is 2.20. The normalized spacial score (nSPS) is 10.6. The average molecular weight is 349 g/mol. The largest absolute Gasteiger partial charge is 0.475 e. The third-order valence-corrected chi connectivity index (χ3v) is 4.51. The van der Waals surface area contributed by atoms with E-state index in [2.05, 4.69) is 29.1 Å². The van der Waals surface area contributed by atoms with Crippen LogP contribution in [0.15, 0.2) is 18.3 Å². The zero-order valence-corrected chi connectivity index (χ0v) is 15.1. The number of methoxy groups -OCH3 is 1. The third kappa shape index (κ3) is 5.01. The fraction of sp³-hybridized carbons (Fsp3) is 0.471. The molecule has 0 aliphatic carbocycles. The molecular formula is C17H23N3O3S. The number of aryl methyl sites for hydroxylation is 2. The van der Waals surface area contributed by atoms with Gasteiger partial charge in [-0.05, 0) is 25.5 Å². The van der Waals surface area contributed by atoms with E-state index in [1.54, 1.807) is 36.8 Å². The number of hydrogen-bond donors (Lipinski definition) is 1. The number of aromatic nitrogens is 2. The van der Waals surface area contributed by atoms with Gasteiger partial charge in [-0.25, -0.2) is 9.97 Å². The first-order valence-corrected chi connectivity index (χ1v) is 8.77. The molecule has 0 aliphatic rings. The molecule has 0 aliphatic heterocycles. The maximum absolute atomic E-state index is 12.3. The maximum atomic E-state index is 12.3. The van der Waals surface area contributed by atoms with Gasteiger partial charge in [0.1, 0.15) is 12.2 Å². The molecule has 2 rings (SSSR count). The minimum absolute atomic E-state index is 0.195. The van der Waals surface area contributed by atoms with Crippen LogP contribution >= 0.6 is 11.3 Å². The second kappa shape index (κ2) is 9.34. The first-order chi connectivity index (χ1) is 11.7. The van der Waals surface area contributed by atoms with Gasteiger partial charge in [-0.15, -0.1) is 11.3 Å². The van der Waals surface area contributed by atoms with Crippen LogP contribution in [0.2, 0.25) is 0 Å². The Morgan fingerprint density at radius 2 is 2.21 bits per heavy atom. The van der Waals surface area contributed by atoms with E-state index >= 15 is 0 Å². The van der Waals surface area contributed by atoms with Gasteiger partial charge < -0.3 is 14.8 Å². The average Bonchev–Trinajstić information content (AvgIpc) is 2.95. The van der Waals surface area contributed by atoms with Crippen LogP contribution in [-0.4, -0.2) is 42.7 Å². The quantitative estimate of drug-likeness (QED) is 0.704. The summed E-state index contributed by atoms with van der Waals surface area (Å²) in [5, 5.41) is 3.95. The molecule has 2 heterocycles. The molecule has 0 aromatic carbocycles. The number of amides is 1. The Kier molecular flexibility index (Phi) is 7.14. The molecule has 130 valence electrons. The van der Waals surface area contributed by atoms with Gasteiger partial charge in [0.25, 0.3) is 5.91 Å². The van der Waals surface area contributed by atoms with Gasteiger partial charge in [0, 0.05) is 31.1 Å². The third-order valence-electron chi connectivity index (χ3n) is 3.44. The number of nitrogens with zero attached hydrogens (tertiary/aromatic N) is 2. The van der Waals surface area contributed by atoms with Crippen molar-refractivity contribution in [3.63, 3.8) is 0 Å².